The Bertz CT molecular complexity index is 233. The third-order valence-electron chi connectivity index (χ3n) is 2.07. The smallest absolute Gasteiger partial charge is 0.164 e. The van der Waals surface area contributed by atoms with Crippen molar-refractivity contribution < 1.29 is 8.42 Å². The molecule has 11 heavy (non-hydrogen) atoms. The Balaban J connectivity index is 2.75. The van der Waals surface area contributed by atoms with Gasteiger partial charge < -0.3 is 0 Å². The second-order valence-electron chi connectivity index (χ2n) is 3.50. The van der Waals surface area contributed by atoms with Crippen molar-refractivity contribution in [3.63, 3.8) is 0 Å². The minimum Gasteiger partial charge on any atom is -0.284 e. The summed E-state index contributed by atoms with van der Waals surface area (Å²) in [7, 11) is -2.76. The highest BCUT2D eigenvalue weighted by Crippen LogP contribution is 2.17. The molecule has 0 aliphatic carbocycles. The van der Waals surface area contributed by atoms with Crippen molar-refractivity contribution in [1.82, 2.24) is 4.90 Å². The van der Waals surface area contributed by atoms with Crippen LogP contribution in [0.2, 0.25) is 0 Å². The quantitative estimate of drug-likeness (QED) is 0.584. The molecular weight excluding hydrogens is 162 g/mol. The van der Waals surface area contributed by atoms with Gasteiger partial charge in [0, 0.05) is 12.1 Å². The van der Waals surface area contributed by atoms with Crippen LogP contribution in [0.5, 0.6) is 0 Å². The third kappa shape index (κ3) is 1.93. The molecule has 1 saturated heterocycles. The lowest BCUT2D eigenvalue weighted by Gasteiger charge is -2.23. The fourth-order valence-corrected chi connectivity index (χ4v) is 3.57. The zero-order valence-electron chi connectivity index (χ0n) is 7.24. The van der Waals surface area contributed by atoms with Crippen LogP contribution < -0.4 is 0 Å². The van der Waals surface area contributed by atoms with Crippen molar-refractivity contribution >= 4 is 9.84 Å². The maximum Gasteiger partial charge on any atom is 0.164 e. The first-order valence-electron chi connectivity index (χ1n) is 3.88. The highest BCUT2D eigenvalue weighted by Gasteiger charge is 2.33. The highest BCUT2D eigenvalue weighted by molar-refractivity contribution is 7.91. The first kappa shape index (κ1) is 9.00. The molecule has 0 aromatic carbocycles. The number of hydrogen-bond donors (Lipinski definition) is 0. The minimum absolute atomic E-state index is 0.194. The zero-order chi connectivity index (χ0) is 8.65. The molecule has 1 aliphatic heterocycles. The average molecular weight is 177 g/mol. The summed E-state index contributed by atoms with van der Waals surface area (Å²) in [5.74, 6) is 0.566. The summed E-state index contributed by atoms with van der Waals surface area (Å²) in [5, 5.41) is 0. The highest BCUT2D eigenvalue weighted by atomic mass is 32.2. The van der Waals surface area contributed by atoms with E-state index in [2.05, 4.69) is 0 Å². The summed E-state index contributed by atoms with van der Waals surface area (Å²) in [6.45, 7) is 6.01. The molecule has 1 fully saturated rings. The number of sulfone groups is 1. The maximum atomic E-state index is 11.1. The van der Waals surface area contributed by atoms with Gasteiger partial charge in [0.15, 0.2) is 9.84 Å². The summed E-state index contributed by atoms with van der Waals surface area (Å²) in [4.78, 5) is 2.01. The van der Waals surface area contributed by atoms with Gasteiger partial charge in [-0.05, 0) is 20.8 Å². The van der Waals surface area contributed by atoms with Gasteiger partial charge >= 0.3 is 0 Å². The fraction of sp³-hybridized carbons (Fsp3) is 1.00. The average Bonchev–Trinajstić information content (AvgIpc) is 2.05. The number of hydrogen-bond acceptors (Lipinski definition) is 3. The van der Waals surface area contributed by atoms with Crippen molar-refractivity contribution in [2.45, 2.75) is 32.9 Å². The molecule has 0 unspecified atom stereocenters. The molecule has 0 aromatic rings. The molecule has 1 rings (SSSR count). The van der Waals surface area contributed by atoms with E-state index in [0.29, 0.717) is 11.8 Å². The lowest BCUT2D eigenvalue weighted by atomic mass is 10.2. The van der Waals surface area contributed by atoms with Gasteiger partial charge in [-0.2, -0.15) is 0 Å². The lowest BCUT2D eigenvalue weighted by Crippen LogP contribution is -2.34. The van der Waals surface area contributed by atoms with Gasteiger partial charge in [-0.25, -0.2) is 8.42 Å². The van der Waals surface area contributed by atoms with E-state index in [4.69, 9.17) is 0 Å². The molecule has 66 valence electrons. The molecule has 0 spiro atoms. The monoisotopic (exact) mass is 177 g/mol. The molecule has 3 nitrogen and oxygen atoms in total. The Kier molecular flexibility index (Phi) is 2.25. The summed E-state index contributed by atoms with van der Waals surface area (Å²) in [6.07, 6.45) is 0. The zero-order valence-corrected chi connectivity index (χ0v) is 8.06. The largest absolute Gasteiger partial charge is 0.284 e. The van der Waals surface area contributed by atoms with Crippen LogP contribution in [0.3, 0.4) is 0 Å². The van der Waals surface area contributed by atoms with E-state index >= 15 is 0 Å². The van der Waals surface area contributed by atoms with Gasteiger partial charge in [0.2, 0.25) is 0 Å². The van der Waals surface area contributed by atoms with Crippen LogP contribution in [0.15, 0.2) is 0 Å². The van der Waals surface area contributed by atoms with E-state index in [1.54, 1.807) is 0 Å². The van der Waals surface area contributed by atoms with Gasteiger partial charge in [-0.3, -0.25) is 4.90 Å². The molecule has 0 aromatic heterocycles. The molecule has 0 N–H and O–H groups in total. The van der Waals surface area contributed by atoms with Crippen molar-refractivity contribution in [3.8, 4) is 0 Å². The van der Waals surface area contributed by atoms with E-state index < -0.39 is 9.84 Å². The Morgan fingerprint density at radius 3 is 2.18 bits per heavy atom. The predicted molar refractivity (Wildman–Crippen MR) is 45.1 cm³/mol. The van der Waals surface area contributed by atoms with E-state index in [-0.39, 0.29) is 11.9 Å². The second-order valence-corrected chi connectivity index (χ2v) is 5.57. The van der Waals surface area contributed by atoms with Gasteiger partial charge in [-0.1, -0.05) is 0 Å². The number of rotatable bonds is 1. The van der Waals surface area contributed by atoms with Crippen LogP contribution in [-0.2, 0) is 9.84 Å². The summed E-state index contributed by atoms with van der Waals surface area (Å²) >= 11 is 0. The Hall–Kier alpha value is -0.0900. The van der Waals surface area contributed by atoms with Crippen LogP contribution in [0.1, 0.15) is 20.8 Å². The van der Waals surface area contributed by atoms with Crippen LogP contribution in [0.4, 0.5) is 0 Å². The Labute approximate surface area is 68.3 Å². The maximum absolute atomic E-state index is 11.1. The van der Waals surface area contributed by atoms with Gasteiger partial charge in [-0.15, -0.1) is 0 Å². The van der Waals surface area contributed by atoms with Crippen molar-refractivity contribution in [2.24, 2.45) is 0 Å². The Morgan fingerprint density at radius 1 is 1.45 bits per heavy atom. The van der Waals surface area contributed by atoms with Gasteiger partial charge in [0.25, 0.3) is 0 Å². The van der Waals surface area contributed by atoms with Crippen LogP contribution in [-0.4, -0.2) is 37.0 Å². The van der Waals surface area contributed by atoms with Gasteiger partial charge in [0.1, 0.15) is 5.88 Å². The van der Waals surface area contributed by atoms with E-state index in [0.717, 1.165) is 0 Å². The molecule has 0 saturated carbocycles. The molecule has 1 heterocycles. The van der Waals surface area contributed by atoms with Crippen molar-refractivity contribution in [1.29, 1.82) is 0 Å². The van der Waals surface area contributed by atoms with E-state index in [1.165, 1.54) is 0 Å². The molecule has 0 amide bonds. The van der Waals surface area contributed by atoms with E-state index in [9.17, 15) is 8.42 Å². The van der Waals surface area contributed by atoms with Crippen LogP contribution >= 0.6 is 0 Å². The van der Waals surface area contributed by atoms with Gasteiger partial charge in [0.05, 0.1) is 5.75 Å². The van der Waals surface area contributed by atoms with Crippen molar-refractivity contribution in [3.05, 3.63) is 0 Å². The number of nitrogens with zero attached hydrogens (tertiary/aromatic N) is 1. The first-order chi connectivity index (χ1) is 4.92. The predicted octanol–water partition coefficient (Wildman–Crippen LogP) is 0.471. The summed E-state index contributed by atoms with van der Waals surface area (Å²) < 4.78 is 22.2. The molecule has 1 atom stereocenters. The first-order valence-corrected chi connectivity index (χ1v) is 5.70. The van der Waals surface area contributed by atoms with Crippen LogP contribution in [0.25, 0.3) is 0 Å². The van der Waals surface area contributed by atoms with Crippen molar-refractivity contribution in [2.75, 3.05) is 11.6 Å². The third-order valence-corrected chi connectivity index (χ3v) is 3.75. The summed E-state index contributed by atoms with van der Waals surface area (Å²) in [6, 6.07) is 0.530. The topological polar surface area (TPSA) is 37.4 Å². The lowest BCUT2D eigenvalue weighted by molar-refractivity contribution is 0.226. The standard InChI is InChI=1S/C7H15NO2S/c1-6(2)8-5-11(9,10)4-7(8)3/h6-7H,4-5H2,1-3H3/t7-/m0/s1. The molecular formula is C7H15NO2S. The van der Waals surface area contributed by atoms with E-state index in [1.807, 2.05) is 25.7 Å². The second kappa shape index (κ2) is 2.75. The Morgan fingerprint density at radius 2 is 2.00 bits per heavy atom. The molecule has 0 radical (unpaired) electrons. The SMILES string of the molecule is CC(C)N1CS(=O)(=O)C[C@@H]1C. The van der Waals surface area contributed by atoms with Crippen LogP contribution in [0, 0.1) is 0 Å². The molecule has 1 aliphatic rings. The molecule has 4 heteroatoms. The fourth-order valence-electron chi connectivity index (χ4n) is 1.53. The minimum atomic E-state index is -2.76. The normalized spacial score (nSPS) is 31.5. The summed E-state index contributed by atoms with van der Waals surface area (Å²) in [5.41, 5.74) is 0. The molecule has 0 bridgehead atoms.